The minimum Gasteiger partial charge on any atom is -0.305 e. The Morgan fingerprint density at radius 3 is 3.00 bits per heavy atom. The highest BCUT2D eigenvalue weighted by atomic mass is 32.1. The highest BCUT2D eigenvalue weighted by Crippen LogP contribution is 2.26. The zero-order chi connectivity index (χ0) is 9.26. The summed E-state index contributed by atoms with van der Waals surface area (Å²) in [6, 6.07) is 1.21. The fourth-order valence-electron chi connectivity index (χ4n) is 1.36. The van der Waals surface area contributed by atoms with Crippen molar-refractivity contribution in [2.45, 2.75) is 45.2 Å². The number of nitrogens with one attached hydrogen (secondary N) is 1. The first-order valence-corrected chi connectivity index (χ1v) is 5.82. The molecule has 1 unspecified atom stereocenters. The maximum absolute atomic E-state index is 4.42. The van der Waals surface area contributed by atoms with Crippen molar-refractivity contribution in [3.8, 4) is 0 Å². The van der Waals surface area contributed by atoms with Crippen LogP contribution in [-0.2, 0) is 6.42 Å². The number of aryl methyl sites for hydroxylation is 1. The van der Waals surface area contributed by atoms with Crippen LogP contribution in [0.1, 0.15) is 42.6 Å². The van der Waals surface area contributed by atoms with Crippen LogP contribution in [0.2, 0.25) is 0 Å². The minimum atomic E-state index is 0.442. The summed E-state index contributed by atoms with van der Waals surface area (Å²) < 4.78 is 0. The number of hydrogen-bond acceptors (Lipinski definition) is 3. The third-order valence-corrected chi connectivity index (χ3v) is 3.68. The van der Waals surface area contributed by atoms with Crippen molar-refractivity contribution in [2.75, 3.05) is 0 Å². The molecule has 13 heavy (non-hydrogen) atoms. The smallest absolute Gasteiger partial charge is 0.109 e. The molecule has 1 aromatic heterocycles. The molecule has 0 amide bonds. The van der Waals surface area contributed by atoms with Crippen LogP contribution < -0.4 is 5.32 Å². The maximum Gasteiger partial charge on any atom is 0.109 e. The lowest BCUT2D eigenvalue weighted by Crippen LogP contribution is -2.20. The molecule has 1 aliphatic rings. The Hall–Kier alpha value is -0.410. The average molecular weight is 196 g/mol. The van der Waals surface area contributed by atoms with E-state index in [0.29, 0.717) is 6.04 Å². The Bertz CT molecular complexity index is 278. The van der Waals surface area contributed by atoms with Gasteiger partial charge in [0, 0.05) is 17.1 Å². The lowest BCUT2D eigenvalue weighted by Gasteiger charge is -2.08. The van der Waals surface area contributed by atoms with Gasteiger partial charge in [0.25, 0.3) is 0 Å². The molecule has 1 aliphatic carbocycles. The van der Waals surface area contributed by atoms with Crippen molar-refractivity contribution in [2.24, 2.45) is 0 Å². The molecule has 0 aliphatic heterocycles. The molecule has 0 aromatic carbocycles. The van der Waals surface area contributed by atoms with Gasteiger partial charge in [0.15, 0.2) is 0 Å². The molecule has 72 valence electrons. The van der Waals surface area contributed by atoms with E-state index in [2.05, 4.69) is 24.1 Å². The molecule has 2 nitrogen and oxygen atoms in total. The summed E-state index contributed by atoms with van der Waals surface area (Å²) in [5, 5.41) is 4.80. The first-order chi connectivity index (χ1) is 6.29. The summed E-state index contributed by atoms with van der Waals surface area (Å²) in [7, 11) is 0. The topological polar surface area (TPSA) is 24.9 Å². The SMILES string of the molecule is CCc1cnc(C(C)NC2CC2)s1. The van der Waals surface area contributed by atoms with Gasteiger partial charge in [-0.2, -0.15) is 0 Å². The van der Waals surface area contributed by atoms with E-state index in [0.717, 1.165) is 12.5 Å². The van der Waals surface area contributed by atoms with Crippen LogP contribution in [0.3, 0.4) is 0 Å². The van der Waals surface area contributed by atoms with E-state index in [1.807, 2.05) is 17.5 Å². The predicted octanol–water partition coefficient (Wildman–Crippen LogP) is 2.52. The number of aromatic nitrogens is 1. The average Bonchev–Trinajstić information content (AvgIpc) is 2.82. The molecule has 0 saturated heterocycles. The molecule has 1 aromatic rings. The summed E-state index contributed by atoms with van der Waals surface area (Å²) in [6.07, 6.45) is 5.80. The largest absolute Gasteiger partial charge is 0.305 e. The Labute approximate surface area is 83.4 Å². The zero-order valence-corrected chi connectivity index (χ0v) is 9.03. The predicted molar refractivity (Wildman–Crippen MR) is 56.1 cm³/mol. The van der Waals surface area contributed by atoms with Gasteiger partial charge in [-0.15, -0.1) is 11.3 Å². The van der Waals surface area contributed by atoms with Crippen molar-refractivity contribution in [1.29, 1.82) is 0 Å². The van der Waals surface area contributed by atoms with Gasteiger partial charge in [-0.1, -0.05) is 6.92 Å². The molecule has 3 heteroatoms. The highest BCUT2D eigenvalue weighted by molar-refractivity contribution is 7.11. The maximum atomic E-state index is 4.42. The van der Waals surface area contributed by atoms with E-state index < -0.39 is 0 Å². The van der Waals surface area contributed by atoms with Gasteiger partial charge in [-0.25, -0.2) is 4.98 Å². The first kappa shape index (κ1) is 9.16. The van der Waals surface area contributed by atoms with Crippen LogP contribution in [-0.4, -0.2) is 11.0 Å². The van der Waals surface area contributed by atoms with Gasteiger partial charge >= 0.3 is 0 Å². The van der Waals surface area contributed by atoms with Crippen molar-refractivity contribution < 1.29 is 0 Å². The Morgan fingerprint density at radius 2 is 2.46 bits per heavy atom. The van der Waals surface area contributed by atoms with Gasteiger partial charge < -0.3 is 5.32 Å². The first-order valence-electron chi connectivity index (χ1n) is 5.00. The third kappa shape index (κ3) is 2.29. The van der Waals surface area contributed by atoms with E-state index in [1.54, 1.807) is 0 Å². The Kier molecular flexibility index (Phi) is 2.65. The normalized spacial score (nSPS) is 18.9. The molecular weight excluding hydrogens is 180 g/mol. The standard InChI is InChI=1S/C10H16N2S/c1-3-9-6-11-10(13-9)7(2)12-8-4-5-8/h6-8,12H,3-5H2,1-2H3. The van der Waals surface area contributed by atoms with Crippen molar-refractivity contribution >= 4 is 11.3 Å². The summed E-state index contributed by atoms with van der Waals surface area (Å²) in [5.74, 6) is 0. The quantitative estimate of drug-likeness (QED) is 0.800. The van der Waals surface area contributed by atoms with E-state index in [4.69, 9.17) is 0 Å². The van der Waals surface area contributed by atoms with Gasteiger partial charge in [-0.05, 0) is 26.2 Å². The van der Waals surface area contributed by atoms with E-state index >= 15 is 0 Å². The van der Waals surface area contributed by atoms with Crippen molar-refractivity contribution in [3.05, 3.63) is 16.1 Å². The second-order valence-electron chi connectivity index (χ2n) is 3.68. The highest BCUT2D eigenvalue weighted by Gasteiger charge is 2.24. The monoisotopic (exact) mass is 196 g/mol. The number of rotatable bonds is 4. The van der Waals surface area contributed by atoms with Gasteiger partial charge in [0.2, 0.25) is 0 Å². The van der Waals surface area contributed by atoms with E-state index in [9.17, 15) is 0 Å². The van der Waals surface area contributed by atoms with Crippen LogP contribution in [0.5, 0.6) is 0 Å². The fourth-order valence-corrected chi connectivity index (χ4v) is 2.23. The van der Waals surface area contributed by atoms with Crippen LogP contribution in [0, 0.1) is 0 Å². The summed E-state index contributed by atoms with van der Waals surface area (Å²) in [4.78, 5) is 5.81. The second-order valence-corrected chi connectivity index (χ2v) is 4.83. The van der Waals surface area contributed by atoms with Crippen LogP contribution in [0.25, 0.3) is 0 Å². The number of nitrogens with zero attached hydrogens (tertiary/aromatic N) is 1. The summed E-state index contributed by atoms with van der Waals surface area (Å²) >= 11 is 1.84. The Balaban J connectivity index is 1.96. The van der Waals surface area contributed by atoms with Crippen LogP contribution in [0.4, 0.5) is 0 Å². The lowest BCUT2D eigenvalue weighted by atomic mass is 10.3. The molecule has 0 radical (unpaired) electrons. The minimum absolute atomic E-state index is 0.442. The van der Waals surface area contributed by atoms with Crippen LogP contribution >= 0.6 is 11.3 Å². The van der Waals surface area contributed by atoms with Crippen molar-refractivity contribution in [1.82, 2.24) is 10.3 Å². The summed E-state index contributed by atoms with van der Waals surface area (Å²) in [5.41, 5.74) is 0. The Morgan fingerprint density at radius 1 is 1.69 bits per heavy atom. The van der Waals surface area contributed by atoms with Crippen molar-refractivity contribution in [3.63, 3.8) is 0 Å². The van der Waals surface area contributed by atoms with Gasteiger partial charge in [0.1, 0.15) is 5.01 Å². The molecule has 1 atom stereocenters. The van der Waals surface area contributed by atoms with E-state index in [-0.39, 0.29) is 0 Å². The van der Waals surface area contributed by atoms with Crippen LogP contribution in [0.15, 0.2) is 6.20 Å². The van der Waals surface area contributed by atoms with Gasteiger partial charge in [0.05, 0.1) is 6.04 Å². The third-order valence-electron chi connectivity index (χ3n) is 2.35. The number of hydrogen-bond donors (Lipinski definition) is 1. The molecule has 1 saturated carbocycles. The van der Waals surface area contributed by atoms with Gasteiger partial charge in [-0.3, -0.25) is 0 Å². The van der Waals surface area contributed by atoms with E-state index in [1.165, 1.54) is 22.7 Å². The lowest BCUT2D eigenvalue weighted by molar-refractivity contribution is 0.568. The molecule has 2 rings (SSSR count). The molecular formula is C10H16N2S. The summed E-state index contributed by atoms with van der Waals surface area (Å²) in [6.45, 7) is 4.38. The second kappa shape index (κ2) is 3.76. The molecule has 1 N–H and O–H groups in total. The molecule has 0 spiro atoms. The number of thiazole rings is 1. The molecule has 1 fully saturated rings. The zero-order valence-electron chi connectivity index (χ0n) is 8.21. The molecule has 0 bridgehead atoms. The molecule has 1 heterocycles. The fraction of sp³-hybridized carbons (Fsp3) is 0.700.